The van der Waals surface area contributed by atoms with Crippen LogP contribution < -0.4 is 4.90 Å². The Balaban J connectivity index is 1.86. The van der Waals surface area contributed by atoms with E-state index in [-0.39, 0.29) is 18.1 Å². The molecule has 0 atom stereocenters. The van der Waals surface area contributed by atoms with Gasteiger partial charge < -0.3 is 10.0 Å². The number of carbonyl (C=O) groups is 1. The summed E-state index contributed by atoms with van der Waals surface area (Å²) >= 11 is 0. The fourth-order valence-corrected chi connectivity index (χ4v) is 2.87. The highest BCUT2D eigenvalue weighted by atomic mass is 16.3. The molecule has 3 nitrogen and oxygen atoms in total. The number of aryl methyl sites for hydroxylation is 1. The lowest BCUT2D eigenvalue weighted by molar-refractivity contribution is -0.118. The molecule has 0 aliphatic carbocycles. The van der Waals surface area contributed by atoms with Gasteiger partial charge in [-0.1, -0.05) is 36.4 Å². The third kappa shape index (κ3) is 2.92. The van der Waals surface area contributed by atoms with Crippen LogP contribution in [0, 0.1) is 0 Å². The molecule has 2 aromatic rings. The molecule has 21 heavy (non-hydrogen) atoms. The maximum Gasteiger partial charge on any atom is 0.231 e. The third-order valence-corrected chi connectivity index (χ3v) is 3.99. The Kier molecular flexibility index (Phi) is 3.91. The summed E-state index contributed by atoms with van der Waals surface area (Å²) in [6, 6.07) is 15.2. The minimum atomic E-state index is 0.0471. The summed E-state index contributed by atoms with van der Waals surface area (Å²) in [5.74, 6) is 0.236. The van der Waals surface area contributed by atoms with Gasteiger partial charge in [0.2, 0.25) is 5.91 Å². The number of anilines is 1. The topological polar surface area (TPSA) is 40.5 Å². The van der Waals surface area contributed by atoms with Crippen molar-refractivity contribution in [2.24, 2.45) is 0 Å². The lowest BCUT2D eigenvalue weighted by Gasteiger charge is -2.23. The van der Waals surface area contributed by atoms with Gasteiger partial charge in [-0.3, -0.25) is 4.79 Å². The van der Waals surface area contributed by atoms with E-state index in [1.807, 2.05) is 29.2 Å². The Labute approximate surface area is 124 Å². The van der Waals surface area contributed by atoms with Crippen molar-refractivity contribution in [2.45, 2.75) is 25.7 Å². The zero-order valence-electron chi connectivity index (χ0n) is 12.0. The Morgan fingerprint density at radius 2 is 1.81 bits per heavy atom. The first-order valence-corrected chi connectivity index (χ1v) is 7.41. The molecule has 0 saturated heterocycles. The van der Waals surface area contributed by atoms with Crippen molar-refractivity contribution < 1.29 is 9.90 Å². The van der Waals surface area contributed by atoms with Crippen LogP contribution in [0.15, 0.2) is 48.5 Å². The number of hydrogen-bond donors (Lipinski definition) is 1. The van der Waals surface area contributed by atoms with Crippen LogP contribution in [0.2, 0.25) is 0 Å². The predicted octanol–water partition coefficient (Wildman–Crippen LogP) is 3.30. The van der Waals surface area contributed by atoms with Gasteiger partial charge in [0.25, 0.3) is 0 Å². The summed E-state index contributed by atoms with van der Waals surface area (Å²) in [5.41, 5.74) is 2.94. The molecule has 1 heterocycles. The van der Waals surface area contributed by atoms with Crippen molar-refractivity contribution in [2.75, 3.05) is 11.4 Å². The second-order valence-electron chi connectivity index (χ2n) is 5.44. The number of para-hydroxylation sites is 2. The van der Waals surface area contributed by atoms with Crippen molar-refractivity contribution in [3.8, 4) is 5.75 Å². The van der Waals surface area contributed by atoms with Gasteiger partial charge in [-0.2, -0.15) is 0 Å². The molecule has 0 saturated carbocycles. The lowest BCUT2D eigenvalue weighted by Crippen LogP contribution is -2.33. The Morgan fingerprint density at radius 3 is 2.67 bits per heavy atom. The van der Waals surface area contributed by atoms with E-state index in [0.29, 0.717) is 5.56 Å². The van der Waals surface area contributed by atoms with E-state index < -0.39 is 0 Å². The molecule has 0 bridgehead atoms. The van der Waals surface area contributed by atoms with Gasteiger partial charge in [0.05, 0.1) is 6.42 Å². The molecule has 0 radical (unpaired) electrons. The number of hydrogen-bond acceptors (Lipinski definition) is 2. The standard InChI is InChI=1S/C18H19NO2/c20-17-11-4-2-9-15(17)13-18(21)19-12-6-5-8-14-7-1-3-10-16(14)19/h1-4,7,9-11,20H,5-6,8,12-13H2. The molecular weight excluding hydrogens is 262 g/mol. The number of phenolic OH excluding ortho intramolecular Hbond substituents is 1. The first kappa shape index (κ1) is 13.7. The number of phenols is 1. The molecule has 2 aromatic carbocycles. The number of benzene rings is 2. The minimum absolute atomic E-state index is 0.0471. The summed E-state index contributed by atoms with van der Waals surface area (Å²) in [6.07, 6.45) is 3.39. The zero-order valence-corrected chi connectivity index (χ0v) is 12.0. The highest BCUT2D eigenvalue weighted by Crippen LogP contribution is 2.27. The number of carbonyl (C=O) groups excluding carboxylic acids is 1. The summed E-state index contributed by atoms with van der Waals surface area (Å²) in [5, 5.41) is 9.84. The Morgan fingerprint density at radius 1 is 1.05 bits per heavy atom. The fraction of sp³-hybridized carbons (Fsp3) is 0.278. The number of aromatic hydroxyl groups is 1. The van der Waals surface area contributed by atoms with Crippen LogP contribution >= 0.6 is 0 Å². The summed E-state index contributed by atoms with van der Waals surface area (Å²) in [4.78, 5) is 14.5. The number of amides is 1. The lowest BCUT2D eigenvalue weighted by atomic mass is 10.1. The summed E-state index contributed by atoms with van der Waals surface area (Å²) in [7, 11) is 0. The van der Waals surface area contributed by atoms with E-state index >= 15 is 0 Å². The molecule has 0 spiro atoms. The van der Waals surface area contributed by atoms with Crippen molar-refractivity contribution in [1.82, 2.24) is 0 Å². The third-order valence-electron chi connectivity index (χ3n) is 3.99. The number of fused-ring (bicyclic) bond motifs is 1. The smallest absolute Gasteiger partial charge is 0.231 e. The molecule has 1 N–H and O–H groups in total. The molecule has 3 rings (SSSR count). The first-order chi connectivity index (χ1) is 10.3. The van der Waals surface area contributed by atoms with Gasteiger partial charge in [-0.05, 0) is 37.0 Å². The van der Waals surface area contributed by atoms with Gasteiger partial charge in [-0.25, -0.2) is 0 Å². The van der Waals surface area contributed by atoms with Crippen LogP contribution in [0.3, 0.4) is 0 Å². The van der Waals surface area contributed by atoms with E-state index in [1.54, 1.807) is 18.2 Å². The van der Waals surface area contributed by atoms with Crippen LogP contribution in [0.5, 0.6) is 5.75 Å². The van der Waals surface area contributed by atoms with E-state index in [9.17, 15) is 9.90 Å². The predicted molar refractivity (Wildman–Crippen MR) is 83.5 cm³/mol. The average Bonchev–Trinajstić information content (AvgIpc) is 2.72. The van der Waals surface area contributed by atoms with Crippen LogP contribution in [0.25, 0.3) is 0 Å². The van der Waals surface area contributed by atoms with Crippen molar-refractivity contribution in [1.29, 1.82) is 0 Å². The quantitative estimate of drug-likeness (QED) is 0.917. The van der Waals surface area contributed by atoms with Gasteiger partial charge >= 0.3 is 0 Å². The average molecular weight is 281 g/mol. The zero-order chi connectivity index (χ0) is 14.7. The van der Waals surface area contributed by atoms with E-state index in [4.69, 9.17) is 0 Å². The van der Waals surface area contributed by atoms with Gasteiger partial charge in [0.15, 0.2) is 0 Å². The molecule has 108 valence electrons. The Bertz CT molecular complexity index is 651. The SMILES string of the molecule is O=C(Cc1ccccc1O)N1CCCCc2ccccc21. The molecule has 1 aliphatic heterocycles. The maximum atomic E-state index is 12.7. The maximum absolute atomic E-state index is 12.7. The normalized spacial score (nSPS) is 14.4. The molecule has 1 aliphatic rings. The van der Waals surface area contributed by atoms with Crippen molar-refractivity contribution in [3.05, 3.63) is 59.7 Å². The van der Waals surface area contributed by atoms with Gasteiger partial charge in [0, 0.05) is 17.8 Å². The molecule has 3 heteroatoms. The van der Waals surface area contributed by atoms with E-state index in [0.717, 1.165) is 31.5 Å². The van der Waals surface area contributed by atoms with E-state index in [2.05, 4.69) is 6.07 Å². The van der Waals surface area contributed by atoms with Crippen LogP contribution in [0.4, 0.5) is 5.69 Å². The summed E-state index contributed by atoms with van der Waals surface area (Å²) < 4.78 is 0. The number of rotatable bonds is 2. The molecule has 1 amide bonds. The van der Waals surface area contributed by atoms with Crippen molar-refractivity contribution in [3.63, 3.8) is 0 Å². The van der Waals surface area contributed by atoms with Crippen LogP contribution in [-0.2, 0) is 17.6 Å². The highest BCUT2D eigenvalue weighted by Gasteiger charge is 2.21. The molecule has 0 fully saturated rings. The molecule has 0 unspecified atom stereocenters. The van der Waals surface area contributed by atoms with Gasteiger partial charge in [-0.15, -0.1) is 0 Å². The van der Waals surface area contributed by atoms with Crippen molar-refractivity contribution >= 4 is 11.6 Å². The van der Waals surface area contributed by atoms with Gasteiger partial charge in [0.1, 0.15) is 5.75 Å². The second-order valence-corrected chi connectivity index (χ2v) is 5.44. The minimum Gasteiger partial charge on any atom is -0.508 e. The first-order valence-electron chi connectivity index (χ1n) is 7.41. The largest absolute Gasteiger partial charge is 0.508 e. The van der Waals surface area contributed by atoms with Crippen LogP contribution in [-0.4, -0.2) is 17.6 Å². The fourth-order valence-electron chi connectivity index (χ4n) is 2.87. The Hall–Kier alpha value is -2.29. The highest BCUT2D eigenvalue weighted by molar-refractivity contribution is 5.95. The number of nitrogens with zero attached hydrogens (tertiary/aromatic N) is 1. The second kappa shape index (κ2) is 6.00. The monoisotopic (exact) mass is 281 g/mol. The van der Waals surface area contributed by atoms with Crippen LogP contribution in [0.1, 0.15) is 24.0 Å². The molecular formula is C18H19NO2. The molecule has 0 aromatic heterocycles. The van der Waals surface area contributed by atoms with E-state index in [1.165, 1.54) is 5.56 Å². The summed E-state index contributed by atoms with van der Waals surface area (Å²) in [6.45, 7) is 0.753.